The predicted octanol–water partition coefficient (Wildman–Crippen LogP) is -0.471. The highest BCUT2D eigenvalue weighted by Gasteiger charge is 2.23. The normalized spacial score (nSPS) is 22.2. The number of nitrogens with one attached hydrogen (secondary N) is 1. The van der Waals surface area contributed by atoms with E-state index in [0.717, 1.165) is 19.5 Å². The fourth-order valence-corrected chi connectivity index (χ4v) is 1.70. The van der Waals surface area contributed by atoms with Gasteiger partial charge in [-0.05, 0) is 18.9 Å². The second-order valence-electron chi connectivity index (χ2n) is 3.72. The third-order valence-electron chi connectivity index (χ3n) is 2.37. The summed E-state index contributed by atoms with van der Waals surface area (Å²) in [6.45, 7) is 3.84. The van der Waals surface area contributed by atoms with E-state index >= 15 is 0 Å². The fourth-order valence-electron chi connectivity index (χ4n) is 1.70. The number of carboxylic acids is 1. The van der Waals surface area contributed by atoms with Crippen LogP contribution < -0.4 is 5.32 Å². The smallest absolute Gasteiger partial charge is 0.317 e. The average molecular weight is 200 g/mol. The summed E-state index contributed by atoms with van der Waals surface area (Å²) < 4.78 is 0. The Morgan fingerprint density at radius 1 is 1.57 bits per heavy atom. The Kier molecular flexibility index (Phi) is 3.88. The van der Waals surface area contributed by atoms with Gasteiger partial charge in [0.05, 0.1) is 6.54 Å². The second kappa shape index (κ2) is 4.95. The molecule has 0 spiro atoms. The maximum absolute atomic E-state index is 10.6. The van der Waals surface area contributed by atoms with Crippen molar-refractivity contribution >= 4 is 11.9 Å². The summed E-state index contributed by atoms with van der Waals surface area (Å²) in [5.74, 6) is -0.412. The zero-order valence-electron chi connectivity index (χ0n) is 8.32. The molecule has 1 aliphatic heterocycles. The van der Waals surface area contributed by atoms with Crippen molar-refractivity contribution < 1.29 is 14.7 Å². The van der Waals surface area contributed by atoms with Crippen LogP contribution in [0.15, 0.2) is 0 Å². The molecule has 2 N–H and O–H groups in total. The van der Waals surface area contributed by atoms with Crippen molar-refractivity contribution in [3.8, 4) is 0 Å². The maximum Gasteiger partial charge on any atom is 0.317 e. The minimum atomic E-state index is -0.787. The first kappa shape index (κ1) is 11.0. The third-order valence-corrected chi connectivity index (χ3v) is 2.37. The highest BCUT2D eigenvalue weighted by Crippen LogP contribution is 2.14. The van der Waals surface area contributed by atoms with Crippen LogP contribution in [0.25, 0.3) is 0 Å². The third kappa shape index (κ3) is 3.74. The van der Waals surface area contributed by atoms with E-state index in [0.29, 0.717) is 12.5 Å². The van der Waals surface area contributed by atoms with Crippen molar-refractivity contribution in [1.29, 1.82) is 0 Å². The van der Waals surface area contributed by atoms with Gasteiger partial charge in [0.25, 0.3) is 0 Å². The molecule has 0 aromatic heterocycles. The lowest BCUT2D eigenvalue weighted by molar-refractivity contribution is -0.138. The molecule has 5 nitrogen and oxygen atoms in total. The van der Waals surface area contributed by atoms with Gasteiger partial charge in [-0.25, -0.2) is 0 Å². The van der Waals surface area contributed by atoms with Crippen molar-refractivity contribution in [2.24, 2.45) is 5.92 Å². The Hall–Kier alpha value is -1.10. The van der Waals surface area contributed by atoms with Crippen molar-refractivity contribution in [1.82, 2.24) is 10.2 Å². The van der Waals surface area contributed by atoms with E-state index in [1.165, 1.54) is 6.92 Å². The molecular weight excluding hydrogens is 184 g/mol. The number of carbonyl (C=O) groups is 2. The molecular formula is C9H16N2O3. The molecule has 0 aliphatic carbocycles. The molecule has 0 saturated carbocycles. The minimum absolute atomic E-state index is 0.0262. The molecule has 0 bridgehead atoms. The fraction of sp³-hybridized carbons (Fsp3) is 0.778. The molecule has 14 heavy (non-hydrogen) atoms. The lowest BCUT2D eigenvalue weighted by Crippen LogP contribution is -2.31. The van der Waals surface area contributed by atoms with E-state index in [9.17, 15) is 9.59 Å². The molecule has 0 radical (unpaired) electrons. The highest BCUT2D eigenvalue weighted by molar-refractivity contribution is 5.72. The molecule has 0 aromatic carbocycles. The second-order valence-corrected chi connectivity index (χ2v) is 3.72. The number of hydrogen-bond donors (Lipinski definition) is 2. The summed E-state index contributed by atoms with van der Waals surface area (Å²) in [5, 5.41) is 11.3. The van der Waals surface area contributed by atoms with Gasteiger partial charge in [-0.15, -0.1) is 0 Å². The average Bonchev–Trinajstić information content (AvgIpc) is 2.47. The maximum atomic E-state index is 10.6. The number of rotatable bonds is 4. The van der Waals surface area contributed by atoms with Crippen LogP contribution in [-0.4, -0.2) is 48.1 Å². The largest absolute Gasteiger partial charge is 0.480 e. The number of carboxylic acid groups (broad SMARTS) is 1. The summed E-state index contributed by atoms with van der Waals surface area (Å²) in [6.07, 6.45) is 0.966. The number of amides is 1. The van der Waals surface area contributed by atoms with E-state index in [1.807, 2.05) is 4.90 Å². The summed E-state index contributed by atoms with van der Waals surface area (Å²) in [5.41, 5.74) is 0. The summed E-state index contributed by atoms with van der Waals surface area (Å²) in [6, 6.07) is 0. The zero-order valence-corrected chi connectivity index (χ0v) is 8.32. The Balaban J connectivity index is 2.20. The van der Waals surface area contributed by atoms with Crippen molar-refractivity contribution in [2.45, 2.75) is 13.3 Å². The standard InChI is InChI=1S/C9H16N2O3/c1-7(12)10-4-8-2-3-11(5-8)6-9(13)14/h8H,2-6H2,1H3,(H,10,12)(H,13,14). The molecule has 1 amide bonds. The molecule has 1 rings (SSSR count). The van der Waals surface area contributed by atoms with Crippen molar-refractivity contribution in [3.05, 3.63) is 0 Å². The van der Waals surface area contributed by atoms with Crippen LogP contribution >= 0.6 is 0 Å². The summed E-state index contributed by atoms with van der Waals surface area (Å²) in [7, 11) is 0. The molecule has 1 saturated heterocycles. The number of nitrogens with zero attached hydrogens (tertiary/aromatic N) is 1. The highest BCUT2D eigenvalue weighted by atomic mass is 16.4. The number of likely N-dealkylation sites (tertiary alicyclic amines) is 1. The number of hydrogen-bond acceptors (Lipinski definition) is 3. The number of carbonyl (C=O) groups excluding carboxylic acids is 1. The van der Waals surface area contributed by atoms with Crippen LogP contribution in [0.4, 0.5) is 0 Å². The first-order valence-corrected chi connectivity index (χ1v) is 4.76. The van der Waals surface area contributed by atoms with Crippen molar-refractivity contribution in [3.63, 3.8) is 0 Å². The lowest BCUT2D eigenvalue weighted by atomic mass is 10.1. The Morgan fingerprint density at radius 2 is 2.29 bits per heavy atom. The molecule has 80 valence electrons. The van der Waals surface area contributed by atoms with Gasteiger partial charge in [0.1, 0.15) is 0 Å². The lowest BCUT2D eigenvalue weighted by Gasteiger charge is -2.13. The van der Waals surface area contributed by atoms with Crippen LogP contribution in [0, 0.1) is 5.92 Å². The molecule has 1 fully saturated rings. The molecule has 1 atom stereocenters. The van der Waals surface area contributed by atoms with Gasteiger partial charge < -0.3 is 10.4 Å². The summed E-state index contributed by atoms with van der Waals surface area (Å²) in [4.78, 5) is 23.0. The molecule has 1 heterocycles. The van der Waals surface area contributed by atoms with E-state index in [4.69, 9.17) is 5.11 Å². The predicted molar refractivity (Wildman–Crippen MR) is 50.9 cm³/mol. The monoisotopic (exact) mass is 200 g/mol. The van der Waals surface area contributed by atoms with Gasteiger partial charge in [-0.3, -0.25) is 14.5 Å². The van der Waals surface area contributed by atoms with Crippen LogP contribution in [-0.2, 0) is 9.59 Å². The van der Waals surface area contributed by atoms with Crippen LogP contribution in [0.3, 0.4) is 0 Å². The van der Waals surface area contributed by atoms with Gasteiger partial charge in [0, 0.05) is 20.0 Å². The van der Waals surface area contributed by atoms with Crippen LogP contribution in [0.2, 0.25) is 0 Å². The Bertz CT molecular complexity index is 230. The van der Waals surface area contributed by atoms with E-state index in [1.54, 1.807) is 0 Å². The van der Waals surface area contributed by atoms with Gasteiger partial charge in [-0.2, -0.15) is 0 Å². The van der Waals surface area contributed by atoms with E-state index in [2.05, 4.69) is 5.32 Å². The Morgan fingerprint density at radius 3 is 2.86 bits per heavy atom. The SMILES string of the molecule is CC(=O)NCC1CCN(CC(=O)O)C1. The Labute approximate surface area is 83.1 Å². The van der Waals surface area contributed by atoms with E-state index < -0.39 is 5.97 Å². The van der Waals surface area contributed by atoms with Gasteiger partial charge >= 0.3 is 5.97 Å². The topological polar surface area (TPSA) is 69.6 Å². The number of aliphatic carboxylic acids is 1. The van der Waals surface area contributed by atoms with Gasteiger partial charge in [-0.1, -0.05) is 0 Å². The summed E-state index contributed by atoms with van der Waals surface area (Å²) >= 11 is 0. The van der Waals surface area contributed by atoms with E-state index in [-0.39, 0.29) is 12.5 Å². The molecule has 1 unspecified atom stereocenters. The molecule has 1 aliphatic rings. The van der Waals surface area contributed by atoms with Crippen LogP contribution in [0.1, 0.15) is 13.3 Å². The molecule has 0 aromatic rings. The van der Waals surface area contributed by atoms with Crippen LogP contribution in [0.5, 0.6) is 0 Å². The minimum Gasteiger partial charge on any atom is -0.480 e. The molecule has 5 heteroatoms. The van der Waals surface area contributed by atoms with Gasteiger partial charge in [0.15, 0.2) is 0 Å². The first-order chi connectivity index (χ1) is 6.58. The quantitative estimate of drug-likeness (QED) is 0.643. The van der Waals surface area contributed by atoms with Crippen molar-refractivity contribution in [2.75, 3.05) is 26.2 Å². The van der Waals surface area contributed by atoms with Gasteiger partial charge in [0.2, 0.25) is 5.91 Å². The zero-order chi connectivity index (χ0) is 10.6. The first-order valence-electron chi connectivity index (χ1n) is 4.76.